The Labute approximate surface area is 119 Å². The van der Waals surface area contributed by atoms with Gasteiger partial charge in [0.25, 0.3) is 0 Å². The van der Waals surface area contributed by atoms with E-state index in [4.69, 9.17) is 17.3 Å². The summed E-state index contributed by atoms with van der Waals surface area (Å²) in [6, 6.07) is 6.39. The van der Waals surface area contributed by atoms with Crippen molar-refractivity contribution < 1.29 is 0 Å². The molecule has 0 spiro atoms. The summed E-state index contributed by atoms with van der Waals surface area (Å²) >= 11 is 8.40. The predicted octanol–water partition coefficient (Wildman–Crippen LogP) is 3.17. The molecule has 2 N–H and O–H groups in total. The van der Waals surface area contributed by atoms with Crippen LogP contribution in [0, 0.1) is 0 Å². The molecule has 18 heavy (non-hydrogen) atoms. The molecule has 1 aliphatic rings. The van der Waals surface area contributed by atoms with Gasteiger partial charge in [0.15, 0.2) is 0 Å². The second-order valence-electron chi connectivity index (χ2n) is 4.66. The second-order valence-corrected chi connectivity index (χ2v) is 6.48. The highest BCUT2D eigenvalue weighted by molar-refractivity contribution is 8.00. The van der Waals surface area contributed by atoms with Crippen LogP contribution in [0.25, 0.3) is 0 Å². The Morgan fingerprint density at radius 1 is 1.50 bits per heavy atom. The summed E-state index contributed by atoms with van der Waals surface area (Å²) in [6.45, 7) is 5.16. The van der Waals surface area contributed by atoms with Gasteiger partial charge in [-0.2, -0.15) is 11.8 Å². The number of nitrogens with two attached hydrogens (primary N) is 1. The maximum Gasteiger partial charge on any atom is 0.0459 e. The van der Waals surface area contributed by atoms with Crippen LogP contribution in [-0.4, -0.2) is 30.6 Å². The van der Waals surface area contributed by atoms with Gasteiger partial charge in [0.05, 0.1) is 0 Å². The van der Waals surface area contributed by atoms with Gasteiger partial charge < -0.3 is 10.6 Å². The summed E-state index contributed by atoms with van der Waals surface area (Å²) in [5, 5.41) is 1.60. The normalized spacial score (nSPS) is 20.2. The van der Waals surface area contributed by atoms with Crippen LogP contribution < -0.4 is 10.6 Å². The van der Waals surface area contributed by atoms with Crippen LogP contribution in [-0.2, 0) is 6.42 Å². The van der Waals surface area contributed by atoms with E-state index < -0.39 is 0 Å². The van der Waals surface area contributed by atoms with Crippen LogP contribution in [0.2, 0.25) is 5.02 Å². The molecule has 1 aromatic carbocycles. The molecule has 1 heterocycles. The summed E-state index contributed by atoms with van der Waals surface area (Å²) < 4.78 is 0. The zero-order valence-electron chi connectivity index (χ0n) is 10.9. The molecule has 0 aromatic heterocycles. The summed E-state index contributed by atoms with van der Waals surface area (Å²) in [5.74, 6) is 1.21. The monoisotopic (exact) mass is 284 g/mol. The Morgan fingerprint density at radius 3 is 3.00 bits per heavy atom. The molecule has 1 fully saturated rings. The minimum Gasteiger partial charge on any atom is -0.370 e. The first-order chi connectivity index (χ1) is 8.74. The van der Waals surface area contributed by atoms with Crippen molar-refractivity contribution in [1.29, 1.82) is 0 Å². The van der Waals surface area contributed by atoms with Crippen LogP contribution in [0.3, 0.4) is 0 Å². The molecule has 0 radical (unpaired) electrons. The molecule has 0 bridgehead atoms. The molecule has 1 atom stereocenters. The molecule has 2 nitrogen and oxygen atoms in total. The van der Waals surface area contributed by atoms with Crippen molar-refractivity contribution in [2.24, 2.45) is 5.73 Å². The molecular weight excluding hydrogens is 264 g/mol. The van der Waals surface area contributed by atoms with Crippen molar-refractivity contribution in [2.75, 3.05) is 30.3 Å². The van der Waals surface area contributed by atoms with Gasteiger partial charge >= 0.3 is 0 Å². The lowest BCUT2D eigenvalue weighted by molar-refractivity contribution is 0.728. The van der Waals surface area contributed by atoms with Gasteiger partial charge in [0.2, 0.25) is 0 Å². The van der Waals surface area contributed by atoms with Crippen molar-refractivity contribution in [3.8, 4) is 0 Å². The van der Waals surface area contributed by atoms with Crippen LogP contribution in [0.4, 0.5) is 5.69 Å². The van der Waals surface area contributed by atoms with Gasteiger partial charge in [-0.25, -0.2) is 0 Å². The van der Waals surface area contributed by atoms with E-state index >= 15 is 0 Å². The number of anilines is 1. The molecule has 1 saturated heterocycles. The number of thioether (sulfide) groups is 1. The maximum absolute atomic E-state index is 6.31. The largest absolute Gasteiger partial charge is 0.370 e. The van der Waals surface area contributed by atoms with E-state index in [0.29, 0.717) is 6.54 Å². The fourth-order valence-corrected chi connectivity index (χ4v) is 3.74. The van der Waals surface area contributed by atoms with E-state index in [9.17, 15) is 0 Å². The number of halogens is 1. The molecule has 1 unspecified atom stereocenters. The average Bonchev–Trinajstić information content (AvgIpc) is 2.41. The predicted molar refractivity (Wildman–Crippen MR) is 83.0 cm³/mol. The van der Waals surface area contributed by atoms with Crippen LogP contribution >= 0.6 is 23.4 Å². The Kier molecular flexibility index (Phi) is 5.22. The number of nitrogens with zero attached hydrogens (tertiary/aromatic N) is 1. The first kappa shape index (κ1) is 14.0. The smallest absolute Gasteiger partial charge is 0.0459 e. The molecule has 0 saturated carbocycles. The van der Waals surface area contributed by atoms with E-state index in [-0.39, 0.29) is 0 Å². The highest BCUT2D eigenvalue weighted by Gasteiger charge is 2.19. The third-order valence-electron chi connectivity index (χ3n) is 3.41. The first-order valence-electron chi connectivity index (χ1n) is 6.59. The highest BCUT2D eigenvalue weighted by Crippen LogP contribution is 2.29. The molecule has 1 aromatic rings. The lowest BCUT2D eigenvalue weighted by Gasteiger charge is -2.34. The second kappa shape index (κ2) is 6.69. The zero-order chi connectivity index (χ0) is 13.0. The minimum absolute atomic E-state index is 0.650. The van der Waals surface area contributed by atoms with E-state index in [0.717, 1.165) is 35.3 Å². The molecule has 100 valence electrons. The Morgan fingerprint density at radius 2 is 2.33 bits per heavy atom. The highest BCUT2D eigenvalue weighted by atomic mass is 35.5. The van der Waals surface area contributed by atoms with E-state index in [2.05, 4.69) is 41.8 Å². The van der Waals surface area contributed by atoms with E-state index in [1.165, 1.54) is 17.9 Å². The van der Waals surface area contributed by atoms with Gasteiger partial charge in [0.1, 0.15) is 0 Å². The van der Waals surface area contributed by atoms with Crippen molar-refractivity contribution >= 4 is 29.1 Å². The summed E-state index contributed by atoms with van der Waals surface area (Å²) in [5.41, 5.74) is 7.98. The summed E-state index contributed by atoms with van der Waals surface area (Å²) in [7, 11) is 0. The lowest BCUT2D eigenvalue weighted by atomic mass is 10.1. The van der Waals surface area contributed by atoms with Gasteiger partial charge in [-0.05, 0) is 37.1 Å². The molecule has 4 heteroatoms. The van der Waals surface area contributed by atoms with Crippen LogP contribution in [0.5, 0.6) is 0 Å². The molecule has 2 rings (SSSR count). The van der Waals surface area contributed by atoms with Gasteiger partial charge in [-0.1, -0.05) is 24.6 Å². The Bertz CT molecular complexity index is 397. The summed E-state index contributed by atoms with van der Waals surface area (Å²) in [6.07, 6.45) is 2.09. The van der Waals surface area contributed by atoms with Gasteiger partial charge in [-0.3, -0.25) is 0 Å². The Hall–Kier alpha value is -0.380. The van der Waals surface area contributed by atoms with Crippen molar-refractivity contribution in [3.05, 3.63) is 28.8 Å². The average molecular weight is 285 g/mol. The zero-order valence-corrected chi connectivity index (χ0v) is 12.4. The van der Waals surface area contributed by atoms with Crippen molar-refractivity contribution in [1.82, 2.24) is 0 Å². The lowest BCUT2D eigenvalue weighted by Crippen LogP contribution is -2.37. The topological polar surface area (TPSA) is 29.3 Å². The molecule has 1 aliphatic heterocycles. The fraction of sp³-hybridized carbons (Fsp3) is 0.571. The number of hydrogen-bond acceptors (Lipinski definition) is 3. The first-order valence-corrected chi connectivity index (χ1v) is 8.02. The van der Waals surface area contributed by atoms with Crippen molar-refractivity contribution in [3.63, 3.8) is 0 Å². The van der Waals surface area contributed by atoms with E-state index in [1.807, 2.05) is 0 Å². The SMILES string of the molecule is CCC1CN(c2ccc(CCN)c(Cl)c2)CCS1. The number of benzene rings is 1. The van der Waals surface area contributed by atoms with Crippen LogP contribution in [0.15, 0.2) is 18.2 Å². The third kappa shape index (κ3) is 3.34. The summed E-state index contributed by atoms with van der Waals surface area (Å²) in [4.78, 5) is 2.45. The fourth-order valence-electron chi connectivity index (χ4n) is 2.29. The number of hydrogen-bond donors (Lipinski definition) is 1. The molecule has 0 aliphatic carbocycles. The van der Waals surface area contributed by atoms with Gasteiger partial charge in [-0.15, -0.1) is 0 Å². The standard InChI is InChI=1S/C14H21ClN2S/c1-2-13-10-17(7-8-18-13)12-4-3-11(5-6-16)14(15)9-12/h3-4,9,13H,2,5-8,10,16H2,1H3. The minimum atomic E-state index is 0.650. The Balaban J connectivity index is 2.10. The van der Waals surface area contributed by atoms with Crippen LogP contribution in [0.1, 0.15) is 18.9 Å². The molecule has 0 amide bonds. The maximum atomic E-state index is 6.31. The third-order valence-corrected chi connectivity index (χ3v) is 5.13. The number of rotatable bonds is 4. The molecular formula is C14H21ClN2S. The van der Waals surface area contributed by atoms with Crippen molar-refractivity contribution in [2.45, 2.75) is 25.0 Å². The van der Waals surface area contributed by atoms with E-state index in [1.54, 1.807) is 0 Å². The van der Waals surface area contributed by atoms with Gasteiger partial charge in [0, 0.05) is 34.8 Å². The quantitative estimate of drug-likeness (QED) is 0.921.